The minimum atomic E-state index is -0.248. The lowest BCUT2D eigenvalue weighted by atomic mass is 10.1. The van der Waals surface area contributed by atoms with Gasteiger partial charge in [0, 0.05) is 11.6 Å². The fourth-order valence-electron chi connectivity index (χ4n) is 2.11. The Bertz CT molecular complexity index is 615. The molecule has 0 aliphatic carbocycles. The molecule has 2 rings (SSSR count). The second-order valence-electron chi connectivity index (χ2n) is 4.87. The number of imidazole rings is 1. The molecule has 5 heteroatoms. The summed E-state index contributed by atoms with van der Waals surface area (Å²) in [5.41, 5.74) is 1.76. The minimum absolute atomic E-state index is 0.248. The molecule has 0 spiro atoms. The Kier molecular flexibility index (Phi) is 3.80. The number of H-pyrrole nitrogens is 1. The molecule has 0 bridgehead atoms. The van der Waals surface area contributed by atoms with Crippen molar-refractivity contribution in [2.24, 2.45) is 0 Å². The molecule has 0 saturated carbocycles. The minimum Gasteiger partial charge on any atom is -0.374 e. The number of hydrogen-bond donors (Lipinski definition) is 1. The van der Waals surface area contributed by atoms with E-state index in [2.05, 4.69) is 23.4 Å². The number of hydrogen-bond acceptors (Lipinski definition) is 2. The number of halogens is 1. The number of fused-ring (bicyclic) bond motifs is 1. The molecule has 0 fully saturated rings. The third kappa shape index (κ3) is 2.76. The normalized spacial score (nSPS) is 12.2. The quantitative estimate of drug-likeness (QED) is 0.854. The van der Waals surface area contributed by atoms with Gasteiger partial charge in [-0.15, -0.1) is 0 Å². The van der Waals surface area contributed by atoms with Gasteiger partial charge in [-0.05, 0) is 51.2 Å². The van der Waals surface area contributed by atoms with Crippen LogP contribution < -0.4 is 0 Å². The van der Waals surface area contributed by atoms with Crippen molar-refractivity contribution < 1.29 is 4.74 Å². The molecule has 0 amide bonds. The highest BCUT2D eigenvalue weighted by Crippen LogP contribution is 2.22. The van der Waals surface area contributed by atoms with E-state index in [1.165, 1.54) is 0 Å². The van der Waals surface area contributed by atoms with Gasteiger partial charge in [0.25, 0.3) is 0 Å². The van der Waals surface area contributed by atoms with Gasteiger partial charge in [-0.1, -0.05) is 11.6 Å². The first-order valence-corrected chi connectivity index (χ1v) is 6.73. The molecule has 98 valence electrons. The van der Waals surface area contributed by atoms with Crippen LogP contribution in [0.15, 0.2) is 18.2 Å². The van der Waals surface area contributed by atoms with Gasteiger partial charge in [0.05, 0.1) is 23.2 Å². The van der Waals surface area contributed by atoms with Crippen LogP contribution in [0.4, 0.5) is 0 Å². The third-order valence-corrected chi connectivity index (χ3v) is 3.37. The predicted molar refractivity (Wildman–Crippen MR) is 77.8 cm³/mol. The summed E-state index contributed by atoms with van der Waals surface area (Å²) in [4.78, 5) is 3.17. The molecule has 1 aromatic heterocycles. The molecule has 0 aliphatic heterocycles. The van der Waals surface area contributed by atoms with Crippen molar-refractivity contribution in [3.8, 4) is 0 Å². The Balaban J connectivity index is 2.45. The smallest absolute Gasteiger partial charge is 0.178 e. The molecule has 1 N–H and O–H groups in total. The van der Waals surface area contributed by atoms with E-state index in [-0.39, 0.29) is 5.60 Å². The highest BCUT2D eigenvalue weighted by atomic mass is 35.5. The van der Waals surface area contributed by atoms with E-state index in [9.17, 15) is 0 Å². The zero-order valence-corrected chi connectivity index (χ0v) is 12.4. The Labute approximate surface area is 117 Å². The molecule has 1 heterocycles. The molecule has 1 aromatic carbocycles. The molecular formula is C13H17ClN2OS. The predicted octanol–water partition coefficient (Wildman–Crippen LogP) is 4.17. The Morgan fingerprint density at radius 3 is 2.83 bits per heavy atom. The molecule has 0 unspecified atom stereocenters. The lowest BCUT2D eigenvalue weighted by molar-refractivity contribution is -0.0219. The van der Waals surface area contributed by atoms with Crippen LogP contribution in [0, 0.1) is 4.77 Å². The number of benzene rings is 1. The van der Waals surface area contributed by atoms with Crippen LogP contribution in [-0.2, 0) is 11.3 Å². The van der Waals surface area contributed by atoms with Crippen molar-refractivity contribution in [2.75, 3.05) is 6.61 Å². The average molecular weight is 285 g/mol. The van der Waals surface area contributed by atoms with Crippen molar-refractivity contribution in [3.63, 3.8) is 0 Å². The van der Waals surface area contributed by atoms with E-state index in [0.717, 1.165) is 11.0 Å². The van der Waals surface area contributed by atoms with Crippen LogP contribution in [-0.4, -0.2) is 21.8 Å². The maximum Gasteiger partial charge on any atom is 0.178 e. The molecule has 0 aliphatic rings. The van der Waals surface area contributed by atoms with Gasteiger partial charge in [-0.2, -0.15) is 0 Å². The second-order valence-corrected chi connectivity index (χ2v) is 5.69. The van der Waals surface area contributed by atoms with Gasteiger partial charge in [-0.3, -0.25) is 0 Å². The summed E-state index contributed by atoms with van der Waals surface area (Å²) in [7, 11) is 0. The van der Waals surface area contributed by atoms with E-state index < -0.39 is 0 Å². The molecule has 0 radical (unpaired) electrons. The van der Waals surface area contributed by atoms with E-state index in [4.69, 9.17) is 28.6 Å². The van der Waals surface area contributed by atoms with Crippen molar-refractivity contribution in [1.82, 2.24) is 9.55 Å². The summed E-state index contributed by atoms with van der Waals surface area (Å²) < 4.78 is 8.47. The van der Waals surface area contributed by atoms with Gasteiger partial charge in [0.2, 0.25) is 0 Å². The maximum absolute atomic E-state index is 5.98. The SMILES string of the molecule is CCOC(C)(C)Cn1c(=S)[nH]c2cc(Cl)ccc21. The molecular weight excluding hydrogens is 268 g/mol. The zero-order chi connectivity index (χ0) is 13.3. The van der Waals surface area contributed by atoms with Crippen LogP contribution in [0.5, 0.6) is 0 Å². The summed E-state index contributed by atoms with van der Waals surface area (Å²) in [6, 6.07) is 5.74. The highest BCUT2D eigenvalue weighted by molar-refractivity contribution is 7.71. The Morgan fingerprint density at radius 1 is 1.44 bits per heavy atom. The summed E-state index contributed by atoms with van der Waals surface area (Å²) in [6.45, 7) is 7.52. The summed E-state index contributed by atoms with van der Waals surface area (Å²) in [5.74, 6) is 0. The topological polar surface area (TPSA) is 29.9 Å². The first-order valence-electron chi connectivity index (χ1n) is 5.95. The summed E-state index contributed by atoms with van der Waals surface area (Å²) >= 11 is 11.3. The zero-order valence-electron chi connectivity index (χ0n) is 10.8. The van der Waals surface area contributed by atoms with Gasteiger partial charge in [-0.25, -0.2) is 0 Å². The van der Waals surface area contributed by atoms with Crippen LogP contribution in [0.25, 0.3) is 11.0 Å². The number of aromatic nitrogens is 2. The monoisotopic (exact) mass is 284 g/mol. The standard InChI is InChI=1S/C13H17ClN2OS/c1-4-17-13(2,3)8-16-11-6-5-9(14)7-10(11)15-12(16)18/h5-7H,4,8H2,1-3H3,(H,15,18). The molecule has 2 aromatic rings. The van der Waals surface area contributed by atoms with E-state index in [0.29, 0.717) is 22.9 Å². The lowest BCUT2D eigenvalue weighted by Crippen LogP contribution is -2.30. The largest absolute Gasteiger partial charge is 0.374 e. The van der Waals surface area contributed by atoms with Crippen LogP contribution in [0.1, 0.15) is 20.8 Å². The maximum atomic E-state index is 5.98. The molecule has 0 atom stereocenters. The van der Waals surface area contributed by atoms with Crippen LogP contribution >= 0.6 is 23.8 Å². The van der Waals surface area contributed by atoms with Gasteiger partial charge in [0.15, 0.2) is 4.77 Å². The van der Waals surface area contributed by atoms with Crippen LogP contribution in [0.3, 0.4) is 0 Å². The number of rotatable bonds is 4. The molecule has 0 saturated heterocycles. The molecule has 18 heavy (non-hydrogen) atoms. The van der Waals surface area contributed by atoms with Crippen molar-refractivity contribution in [2.45, 2.75) is 32.9 Å². The Hall–Kier alpha value is -0.840. The van der Waals surface area contributed by atoms with Crippen molar-refractivity contribution in [1.29, 1.82) is 0 Å². The van der Waals surface area contributed by atoms with Crippen molar-refractivity contribution in [3.05, 3.63) is 28.0 Å². The Morgan fingerprint density at radius 2 is 2.17 bits per heavy atom. The van der Waals surface area contributed by atoms with Gasteiger partial charge >= 0.3 is 0 Å². The summed E-state index contributed by atoms with van der Waals surface area (Å²) in [5, 5.41) is 0.704. The fraction of sp³-hybridized carbons (Fsp3) is 0.462. The first kappa shape index (κ1) is 13.6. The number of nitrogens with zero attached hydrogens (tertiary/aromatic N) is 1. The number of nitrogens with one attached hydrogen (secondary N) is 1. The number of aromatic amines is 1. The van der Waals surface area contributed by atoms with Crippen molar-refractivity contribution >= 4 is 34.9 Å². The molecule has 3 nitrogen and oxygen atoms in total. The second kappa shape index (κ2) is 5.03. The van der Waals surface area contributed by atoms with E-state index in [1.54, 1.807) is 0 Å². The van der Waals surface area contributed by atoms with Crippen LogP contribution in [0.2, 0.25) is 5.02 Å². The number of ether oxygens (including phenoxy) is 1. The highest BCUT2D eigenvalue weighted by Gasteiger charge is 2.20. The third-order valence-electron chi connectivity index (χ3n) is 2.81. The van der Waals surface area contributed by atoms with Gasteiger partial charge in [0.1, 0.15) is 0 Å². The van der Waals surface area contributed by atoms with E-state index >= 15 is 0 Å². The average Bonchev–Trinajstić information content (AvgIpc) is 2.54. The summed E-state index contributed by atoms with van der Waals surface area (Å²) in [6.07, 6.45) is 0. The van der Waals surface area contributed by atoms with Gasteiger partial charge < -0.3 is 14.3 Å². The first-order chi connectivity index (χ1) is 8.43. The fourth-order valence-corrected chi connectivity index (χ4v) is 2.55. The van der Waals surface area contributed by atoms with E-state index in [1.807, 2.05) is 25.1 Å². The lowest BCUT2D eigenvalue weighted by Gasteiger charge is -2.25.